The summed E-state index contributed by atoms with van der Waals surface area (Å²) in [5, 5.41) is 0. The van der Waals surface area contributed by atoms with Crippen molar-refractivity contribution in [2.24, 2.45) is 0 Å². The molecule has 2 aromatic rings. The van der Waals surface area contributed by atoms with E-state index in [0.29, 0.717) is 6.04 Å². The topological polar surface area (TPSA) is 34.9 Å². The van der Waals surface area contributed by atoms with Crippen molar-refractivity contribution in [3.8, 4) is 11.4 Å². The summed E-state index contributed by atoms with van der Waals surface area (Å²) in [6.45, 7) is 5.86. The van der Waals surface area contributed by atoms with Gasteiger partial charge in [0.1, 0.15) is 5.82 Å². The minimum atomic E-state index is 0.124. The number of hydrogen-bond donors (Lipinski definition) is 0. The second-order valence-corrected chi connectivity index (χ2v) is 5.78. The normalized spacial score (nSPS) is 15.2. The zero-order valence-corrected chi connectivity index (χ0v) is 12.3. The third-order valence-electron chi connectivity index (χ3n) is 4.30. The second kappa shape index (κ2) is 4.89. The third-order valence-corrected chi connectivity index (χ3v) is 4.30. The molecular weight excluding hydrogens is 248 g/mol. The molecule has 3 heteroatoms. The van der Waals surface area contributed by atoms with Gasteiger partial charge >= 0.3 is 0 Å². The first-order valence-electron chi connectivity index (χ1n) is 7.24. The Bertz CT molecular complexity index is 711. The minimum absolute atomic E-state index is 0.124. The number of aromatic nitrogens is 2. The van der Waals surface area contributed by atoms with Gasteiger partial charge in [-0.05, 0) is 46.1 Å². The molecule has 1 saturated carbocycles. The van der Waals surface area contributed by atoms with E-state index in [1.807, 2.05) is 30.5 Å². The van der Waals surface area contributed by atoms with Crippen LogP contribution in [0.1, 0.15) is 42.1 Å². The van der Waals surface area contributed by atoms with E-state index in [0.717, 1.165) is 35.5 Å². The zero-order chi connectivity index (χ0) is 14.3. The van der Waals surface area contributed by atoms with Gasteiger partial charge in [-0.2, -0.15) is 0 Å². The molecule has 1 aromatic carbocycles. The highest BCUT2D eigenvalue weighted by molar-refractivity contribution is 5.57. The molecule has 104 valence electrons. The quantitative estimate of drug-likeness (QED) is 0.834. The summed E-state index contributed by atoms with van der Waals surface area (Å²) in [5.74, 6) is 0.825. The number of hydrogen-bond acceptors (Lipinski definition) is 2. The number of nitrogens with zero attached hydrogens (tertiary/aromatic N) is 2. The van der Waals surface area contributed by atoms with Crippen LogP contribution in [-0.4, -0.2) is 9.55 Å². The van der Waals surface area contributed by atoms with E-state index in [1.54, 1.807) is 0 Å². The molecule has 0 unspecified atom stereocenters. The Balaban J connectivity index is 2.26. The summed E-state index contributed by atoms with van der Waals surface area (Å²) < 4.78 is 1.92. The van der Waals surface area contributed by atoms with E-state index in [1.165, 1.54) is 12.0 Å². The van der Waals surface area contributed by atoms with Crippen LogP contribution in [0.15, 0.2) is 29.1 Å². The van der Waals surface area contributed by atoms with E-state index in [4.69, 9.17) is 4.98 Å². The van der Waals surface area contributed by atoms with E-state index in [-0.39, 0.29) is 5.56 Å². The van der Waals surface area contributed by atoms with Crippen molar-refractivity contribution in [1.82, 2.24) is 9.55 Å². The van der Waals surface area contributed by atoms with Crippen LogP contribution < -0.4 is 5.56 Å². The van der Waals surface area contributed by atoms with Crippen LogP contribution in [0.3, 0.4) is 0 Å². The Morgan fingerprint density at radius 3 is 2.55 bits per heavy atom. The van der Waals surface area contributed by atoms with E-state index < -0.39 is 0 Å². The summed E-state index contributed by atoms with van der Waals surface area (Å²) in [7, 11) is 0. The molecule has 3 nitrogen and oxygen atoms in total. The third kappa shape index (κ3) is 2.07. The maximum atomic E-state index is 12.6. The first-order chi connectivity index (χ1) is 9.58. The Morgan fingerprint density at radius 2 is 1.95 bits per heavy atom. The fraction of sp³-hybridized carbons (Fsp3) is 0.412. The molecule has 1 heterocycles. The number of rotatable bonds is 2. The first-order valence-corrected chi connectivity index (χ1v) is 7.24. The molecule has 0 atom stereocenters. The summed E-state index contributed by atoms with van der Waals surface area (Å²) >= 11 is 0. The number of aryl methyl sites for hydroxylation is 2. The van der Waals surface area contributed by atoms with Crippen molar-refractivity contribution < 1.29 is 0 Å². The van der Waals surface area contributed by atoms with Gasteiger partial charge in [-0.1, -0.05) is 23.8 Å². The molecular formula is C17H20N2O. The first kappa shape index (κ1) is 13.1. The number of benzene rings is 1. The van der Waals surface area contributed by atoms with Gasteiger partial charge in [0.2, 0.25) is 0 Å². The maximum Gasteiger partial charge on any atom is 0.257 e. The molecule has 1 fully saturated rings. The molecule has 20 heavy (non-hydrogen) atoms. The Hall–Kier alpha value is -1.90. The van der Waals surface area contributed by atoms with E-state index >= 15 is 0 Å². The average Bonchev–Trinajstić information content (AvgIpc) is 2.37. The van der Waals surface area contributed by atoms with Crippen molar-refractivity contribution >= 4 is 0 Å². The molecule has 3 rings (SSSR count). The minimum Gasteiger partial charge on any atom is -0.289 e. The highest BCUT2D eigenvalue weighted by atomic mass is 16.1. The molecule has 0 spiro atoms. The average molecular weight is 268 g/mol. The highest BCUT2D eigenvalue weighted by Gasteiger charge is 2.25. The van der Waals surface area contributed by atoms with E-state index in [2.05, 4.69) is 19.1 Å². The molecule has 1 aliphatic carbocycles. The Morgan fingerprint density at radius 1 is 1.20 bits per heavy atom. The van der Waals surface area contributed by atoms with Gasteiger partial charge in [0.25, 0.3) is 5.56 Å². The van der Waals surface area contributed by atoms with Crippen LogP contribution in [0.5, 0.6) is 0 Å². The van der Waals surface area contributed by atoms with Crippen molar-refractivity contribution in [3.05, 3.63) is 51.4 Å². The van der Waals surface area contributed by atoms with Crippen LogP contribution in [0.25, 0.3) is 11.4 Å². The fourth-order valence-corrected chi connectivity index (χ4v) is 2.70. The fourth-order valence-electron chi connectivity index (χ4n) is 2.70. The van der Waals surface area contributed by atoms with Crippen molar-refractivity contribution in [2.75, 3.05) is 0 Å². The molecule has 0 radical (unpaired) electrons. The smallest absolute Gasteiger partial charge is 0.257 e. The molecule has 0 amide bonds. The van der Waals surface area contributed by atoms with Crippen molar-refractivity contribution in [2.45, 2.75) is 46.1 Å². The lowest BCUT2D eigenvalue weighted by molar-refractivity contribution is 0.306. The Kier molecular flexibility index (Phi) is 3.20. The van der Waals surface area contributed by atoms with Gasteiger partial charge < -0.3 is 0 Å². The van der Waals surface area contributed by atoms with Gasteiger partial charge in [-0.3, -0.25) is 9.36 Å². The van der Waals surface area contributed by atoms with Crippen LogP contribution in [0.2, 0.25) is 0 Å². The summed E-state index contributed by atoms with van der Waals surface area (Å²) in [5.41, 5.74) is 3.96. The van der Waals surface area contributed by atoms with Crippen LogP contribution in [-0.2, 0) is 0 Å². The predicted molar refractivity (Wildman–Crippen MR) is 81.0 cm³/mol. The molecule has 1 aliphatic rings. The largest absolute Gasteiger partial charge is 0.289 e. The Labute approximate surface area is 119 Å². The lowest BCUT2D eigenvalue weighted by atomic mass is 9.92. The van der Waals surface area contributed by atoms with E-state index in [9.17, 15) is 4.79 Å². The van der Waals surface area contributed by atoms with Crippen molar-refractivity contribution in [1.29, 1.82) is 0 Å². The predicted octanol–water partition coefficient (Wildman–Crippen LogP) is 3.56. The van der Waals surface area contributed by atoms with Gasteiger partial charge in [0, 0.05) is 22.9 Å². The summed E-state index contributed by atoms with van der Waals surface area (Å²) in [6, 6.07) is 8.56. The molecule has 1 aromatic heterocycles. The van der Waals surface area contributed by atoms with Crippen LogP contribution >= 0.6 is 0 Å². The lowest BCUT2D eigenvalue weighted by Gasteiger charge is -2.30. The van der Waals surface area contributed by atoms with Crippen molar-refractivity contribution in [3.63, 3.8) is 0 Å². The SMILES string of the molecule is Cc1cccc(-c2nc(C)c(C)c(=O)n2C2CCC2)c1. The zero-order valence-electron chi connectivity index (χ0n) is 12.3. The second-order valence-electron chi connectivity index (χ2n) is 5.78. The summed E-state index contributed by atoms with van der Waals surface area (Å²) in [4.78, 5) is 17.3. The molecule has 0 saturated heterocycles. The van der Waals surface area contributed by atoms with Gasteiger partial charge in [-0.15, -0.1) is 0 Å². The molecule has 0 bridgehead atoms. The van der Waals surface area contributed by atoms with Crippen LogP contribution in [0.4, 0.5) is 0 Å². The highest BCUT2D eigenvalue weighted by Crippen LogP contribution is 2.33. The van der Waals surface area contributed by atoms with Gasteiger partial charge in [0.05, 0.1) is 0 Å². The van der Waals surface area contributed by atoms with Gasteiger partial charge in [0.15, 0.2) is 0 Å². The maximum absolute atomic E-state index is 12.6. The molecule has 0 N–H and O–H groups in total. The summed E-state index contributed by atoms with van der Waals surface area (Å²) in [6.07, 6.45) is 3.38. The monoisotopic (exact) mass is 268 g/mol. The molecule has 0 aliphatic heterocycles. The lowest BCUT2D eigenvalue weighted by Crippen LogP contribution is -2.33. The standard InChI is InChI=1S/C17H20N2O/c1-11-6-4-7-14(10-11)16-18-13(3)12(2)17(20)19(16)15-8-5-9-15/h4,6-7,10,15H,5,8-9H2,1-3H3. The van der Waals surface area contributed by atoms with Crippen LogP contribution in [0, 0.1) is 20.8 Å². The van der Waals surface area contributed by atoms with Gasteiger partial charge in [-0.25, -0.2) is 4.98 Å².